The van der Waals surface area contributed by atoms with Crippen LogP contribution in [0.5, 0.6) is 0 Å². The first-order valence-corrected chi connectivity index (χ1v) is 5.13. The van der Waals surface area contributed by atoms with Gasteiger partial charge >= 0.3 is 0 Å². The number of rotatable bonds is 4. The molecule has 3 heteroatoms. The molecule has 0 spiro atoms. The molecule has 76 valence electrons. The standard InChI is InChI=1S/C10H19NO2/c1-3-8(2)10(12)11-7-9-5-4-6-13-9/h8-9H,3-7H2,1-2H3,(H,11,12)/t8-,9-/m1/s1. The summed E-state index contributed by atoms with van der Waals surface area (Å²) in [5.74, 6) is 0.277. The van der Waals surface area contributed by atoms with Crippen molar-refractivity contribution >= 4 is 5.91 Å². The van der Waals surface area contributed by atoms with Gasteiger partial charge in [-0.25, -0.2) is 0 Å². The monoisotopic (exact) mass is 185 g/mol. The van der Waals surface area contributed by atoms with E-state index in [2.05, 4.69) is 5.32 Å². The van der Waals surface area contributed by atoms with Gasteiger partial charge in [-0.05, 0) is 19.3 Å². The first-order chi connectivity index (χ1) is 6.24. The van der Waals surface area contributed by atoms with Gasteiger partial charge in [0.05, 0.1) is 6.10 Å². The number of carbonyl (C=O) groups is 1. The summed E-state index contributed by atoms with van der Waals surface area (Å²) in [6.45, 7) is 5.51. The lowest BCUT2D eigenvalue weighted by Gasteiger charge is -2.13. The van der Waals surface area contributed by atoms with Crippen LogP contribution in [0, 0.1) is 5.92 Å². The molecular weight excluding hydrogens is 166 g/mol. The van der Waals surface area contributed by atoms with Crippen molar-refractivity contribution < 1.29 is 9.53 Å². The largest absolute Gasteiger partial charge is 0.376 e. The Labute approximate surface area is 79.8 Å². The van der Waals surface area contributed by atoms with Crippen LogP contribution >= 0.6 is 0 Å². The third kappa shape index (κ3) is 3.35. The second-order valence-corrected chi connectivity index (χ2v) is 3.69. The Morgan fingerprint density at radius 3 is 3.00 bits per heavy atom. The molecule has 2 atom stereocenters. The normalized spacial score (nSPS) is 24.3. The van der Waals surface area contributed by atoms with Crippen LogP contribution in [0.3, 0.4) is 0 Å². The number of hydrogen-bond donors (Lipinski definition) is 1. The Hall–Kier alpha value is -0.570. The summed E-state index contributed by atoms with van der Waals surface area (Å²) >= 11 is 0. The minimum Gasteiger partial charge on any atom is -0.376 e. The van der Waals surface area contributed by atoms with Gasteiger partial charge in [0.1, 0.15) is 0 Å². The highest BCUT2D eigenvalue weighted by atomic mass is 16.5. The average molecular weight is 185 g/mol. The topological polar surface area (TPSA) is 38.3 Å². The molecule has 0 unspecified atom stereocenters. The highest BCUT2D eigenvalue weighted by molar-refractivity contribution is 5.78. The molecule has 1 N–H and O–H groups in total. The molecule has 0 aromatic heterocycles. The highest BCUT2D eigenvalue weighted by Crippen LogP contribution is 2.10. The Kier molecular flexibility index (Phi) is 4.22. The molecule has 0 radical (unpaired) electrons. The summed E-state index contributed by atoms with van der Waals surface area (Å²) in [6, 6.07) is 0. The summed E-state index contributed by atoms with van der Waals surface area (Å²) < 4.78 is 5.40. The smallest absolute Gasteiger partial charge is 0.222 e. The Bertz CT molecular complexity index is 164. The predicted octanol–water partition coefficient (Wildman–Crippen LogP) is 1.33. The van der Waals surface area contributed by atoms with E-state index in [9.17, 15) is 4.79 Å². The van der Waals surface area contributed by atoms with Crippen molar-refractivity contribution in [3.05, 3.63) is 0 Å². The van der Waals surface area contributed by atoms with E-state index in [0.717, 1.165) is 25.9 Å². The summed E-state index contributed by atoms with van der Waals surface area (Å²) in [6.07, 6.45) is 3.37. The molecule has 1 fully saturated rings. The molecule has 13 heavy (non-hydrogen) atoms. The van der Waals surface area contributed by atoms with E-state index in [4.69, 9.17) is 4.74 Å². The minimum absolute atomic E-state index is 0.126. The fraction of sp³-hybridized carbons (Fsp3) is 0.900. The van der Waals surface area contributed by atoms with Crippen molar-refractivity contribution in [1.82, 2.24) is 5.32 Å². The lowest BCUT2D eigenvalue weighted by Crippen LogP contribution is -2.35. The maximum absolute atomic E-state index is 11.4. The van der Waals surface area contributed by atoms with Crippen molar-refractivity contribution in [1.29, 1.82) is 0 Å². The Morgan fingerprint density at radius 2 is 2.46 bits per heavy atom. The van der Waals surface area contributed by atoms with Gasteiger partial charge in [-0.2, -0.15) is 0 Å². The van der Waals surface area contributed by atoms with Crippen LogP contribution in [0.4, 0.5) is 0 Å². The maximum Gasteiger partial charge on any atom is 0.222 e. The van der Waals surface area contributed by atoms with Crippen LogP contribution in [-0.4, -0.2) is 25.2 Å². The van der Waals surface area contributed by atoms with E-state index < -0.39 is 0 Å². The molecule has 0 saturated carbocycles. The van der Waals surface area contributed by atoms with Crippen LogP contribution < -0.4 is 5.32 Å². The van der Waals surface area contributed by atoms with Gasteiger partial charge in [-0.15, -0.1) is 0 Å². The minimum atomic E-state index is 0.126. The Balaban J connectivity index is 2.13. The molecule has 1 heterocycles. The second kappa shape index (κ2) is 5.22. The summed E-state index contributed by atoms with van der Waals surface area (Å²) in [4.78, 5) is 11.4. The number of ether oxygens (including phenoxy) is 1. The fourth-order valence-corrected chi connectivity index (χ4v) is 1.38. The number of amides is 1. The van der Waals surface area contributed by atoms with Gasteiger partial charge in [-0.1, -0.05) is 13.8 Å². The third-order valence-corrected chi connectivity index (χ3v) is 2.59. The highest BCUT2D eigenvalue weighted by Gasteiger charge is 2.17. The number of hydrogen-bond acceptors (Lipinski definition) is 2. The predicted molar refractivity (Wildman–Crippen MR) is 51.4 cm³/mol. The van der Waals surface area contributed by atoms with Crippen LogP contribution in [0.25, 0.3) is 0 Å². The van der Waals surface area contributed by atoms with Gasteiger partial charge < -0.3 is 10.1 Å². The van der Waals surface area contributed by atoms with Gasteiger partial charge in [0.15, 0.2) is 0 Å². The van der Waals surface area contributed by atoms with E-state index in [0.29, 0.717) is 6.54 Å². The van der Waals surface area contributed by atoms with E-state index in [1.54, 1.807) is 0 Å². The quantitative estimate of drug-likeness (QED) is 0.717. The molecule has 0 aromatic carbocycles. The van der Waals surface area contributed by atoms with Gasteiger partial charge in [0, 0.05) is 19.1 Å². The Morgan fingerprint density at radius 1 is 1.69 bits per heavy atom. The molecular formula is C10H19NO2. The summed E-state index contributed by atoms with van der Waals surface area (Å²) in [7, 11) is 0. The van der Waals surface area contributed by atoms with E-state index in [-0.39, 0.29) is 17.9 Å². The van der Waals surface area contributed by atoms with Crippen molar-refractivity contribution in [2.24, 2.45) is 5.92 Å². The molecule has 1 aliphatic heterocycles. The first-order valence-electron chi connectivity index (χ1n) is 5.13. The van der Waals surface area contributed by atoms with Crippen molar-refractivity contribution in [3.8, 4) is 0 Å². The van der Waals surface area contributed by atoms with Crippen LogP contribution in [0.15, 0.2) is 0 Å². The molecule has 1 aliphatic rings. The summed E-state index contributed by atoms with van der Waals surface area (Å²) in [5, 5.41) is 2.91. The zero-order chi connectivity index (χ0) is 9.68. The fourth-order valence-electron chi connectivity index (χ4n) is 1.38. The van der Waals surface area contributed by atoms with Crippen molar-refractivity contribution in [2.75, 3.05) is 13.2 Å². The number of nitrogens with one attached hydrogen (secondary N) is 1. The van der Waals surface area contributed by atoms with Crippen LogP contribution in [0.2, 0.25) is 0 Å². The van der Waals surface area contributed by atoms with E-state index in [1.165, 1.54) is 0 Å². The lowest BCUT2D eigenvalue weighted by atomic mass is 10.1. The zero-order valence-corrected chi connectivity index (χ0v) is 8.51. The van der Waals surface area contributed by atoms with E-state index >= 15 is 0 Å². The van der Waals surface area contributed by atoms with E-state index in [1.807, 2.05) is 13.8 Å². The molecule has 0 aliphatic carbocycles. The SMILES string of the molecule is CC[C@@H](C)C(=O)NC[C@H]1CCCO1. The van der Waals surface area contributed by atoms with Gasteiger partial charge in [0.25, 0.3) is 0 Å². The van der Waals surface area contributed by atoms with Crippen molar-refractivity contribution in [2.45, 2.75) is 39.2 Å². The molecule has 0 bridgehead atoms. The average Bonchev–Trinajstić information content (AvgIpc) is 2.65. The maximum atomic E-state index is 11.4. The molecule has 0 aromatic rings. The van der Waals surface area contributed by atoms with Crippen LogP contribution in [-0.2, 0) is 9.53 Å². The van der Waals surface area contributed by atoms with Gasteiger partial charge in [-0.3, -0.25) is 4.79 Å². The molecule has 1 rings (SSSR count). The first kappa shape index (κ1) is 10.5. The number of carbonyl (C=O) groups excluding carboxylic acids is 1. The van der Waals surface area contributed by atoms with Crippen molar-refractivity contribution in [3.63, 3.8) is 0 Å². The second-order valence-electron chi connectivity index (χ2n) is 3.69. The summed E-state index contributed by atoms with van der Waals surface area (Å²) in [5.41, 5.74) is 0. The molecule has 1 amide bonds. The lowest BCUT2D eigenvalue weighted by molar-refractivity contribution is -0.125. The molecule has 3 nitrogen and oxygen atoms in total. The van der Waals surface area contributed by atoms with Gasteiger partial charge in [0.2, 0.25) is 5.91 Å². The zero-order valence-electron chi connectivity index (χ0n) is 8.51. The van der Waals surface area contributed by atoms with Crippen LogP contribution in [0.1, 0.15) is 33.1 Å². The molecule has 1 saturated heterocycles. The third-order valence-electron chi connectivity index (χ3n) is 2.59.